The van der Waals surface area contributed by atoms with Crippen LogP contribution in [0.25, 0.3) is 0 Å². The highest BCUT2D eigenvalue weighted by Gasteiger charge is 2.02. The van der Waals surface area contributed by atoms with Gasteiger partial charge in [0, 0.05) is 6.54 Å². The van der Waals surface area contributed by atoms with E-state index in [-0.39, 0.29) is 18.5 Å². The van der Waals surface area contributed by atoms with Gasteiger partial charge in [-0.05, 0) is 12.8 Å². The Bertz CT molecular complexity index is 194. The molecule has 0 aliphatic carbocycles. The number of nitrogens with one attached hydrogen (secondary N) is 2. The molecule has 3 nitrogen and oxygen atoms in total. The first-order valence-electron chi connectivity index (χ1n) is 4.52. The number of carbonyl (C=O) groups excluding carboxylic acids is 1. The second kappa shape index (κ2) is 6.50. The van der Waals surface area contributed by atoms with Gasteiger partial charge in [0.15, 0.2) is 0 Å². The van der Waals surface area contributed by atoms with Gasteiger partial charge in [0.05, 0.1) is 12.6 Å². The Hall–Kier alpha value is -1.01. The number of terminal acetylenes is 1. The van der Waals surface area contributed by atoms with Gasteiger partial charge >= 0.3 is 0 Å². The van der Waals surface area contributed by atoms with Gasteiger partial charge in [0.2, 0.25) is 5.91 Å². The lowest BCUT2D eigenvalue weighted by molar-refractivity contribution is -0.120. The summed E-state index contributed by atoms with van der Waals surface area (Å²) in [7, 11) is 0. The summed E-state index contributed by atoms with van der Waals surface area (Å²) >= 11 is 0. The smallest absolute Gasteiger partial charge is 0.234 e. The number of carbonyl (C=O) groups is 1. The summed E-state index contributed by atoms with van der Waals surface area (Å²) in [6, 6.07) is -0.0511. The van der Waals surface area contributed by atoms with Crippen molar-refractivity contribution >= 4 is 5.91 Å². The van der Waals surface area contributed by atoms with Crippen LogP contribution in [0.1, 0.15) is 20.8 Å². The van der Waals surface area contributed by atoms with Crippen LogP contribution in [-0.2, 0) is 4.79 Å². The minimum atomic E-state index is -0.0511. The fourth-order valence-corrected chi connectivity index (χ4v) is 0.685. The summed E-state index contributed by atoms with van der Waals surface area (Å²) in [5, 5.41) is 5.70. The Labute approximate surface area is 80.3 Å². The zero-order chi connectivity index (χ0) is 10.3. The summed E-state index contributed by atoms with van der Waals surface area (Å²) in [5.74, 6) is 2.97. The van der Waals surface area contributed by atoms with E-state index in [4.69, 9.17) is 6.42 Å². The Balaban J connectivity index is 3.47. The number of rotatable bonds is 5. The highest BCUT2D eigenvalue weighted by molar-refractivity contribution is 5.78. The molecule has 3 heteroatoms. The highest BCUT2D eigenvalue weighted by Crippen LogP contribution is 1.86. The molecule has 74 valence electrons. The molecule has 0 heterocycles. The Morgan fingerprint density at radius 2 is 2.08 bits per heavy atom. The zero-order valence-electron chi connectivity index (χ0n) is 8.55. The molecule has 0 bridgehead atoms. The molecule has 0 saturated heterocycles. The second-order valence-corrected chi connectivity index (χ2v) is 3.47. The third-order valence-corrected chi connectivity index (χ3v) is 1.53. The van der Waals surface area contributed by atoms with Crippen molar-refractivity contribution in [2.75, 3.05) is 13.1 Å². The summed E-state index contributed by atoms with van der Waals surface area (Å²) < 4.78 is 0. The lowest BCUT2D eigenvalue weighted by atomic mass is 10.2. The van der Waals surface area contributed by atoms with E-state index in [0.29, 0.717) is 12.5 Å². The van der Waals surface area contributed by atoms with E-state index < -0.39 is 0 Å². The summed E-state index contributed by atoms with van der Waals surface area (Å²) in [6.45, 7) is 6.95. The van der Waals surface area contributed by atoms with Gasteiger partial charge in [0.1, 0.15) is 0 Å². The molecule has 0 saturated carbocycles. The maximum atomic E-state index is 11.1. The quantitative estimate of drug-likeness (QED) is 0.603. The van der Waals surface area contributed by atoms with Crippen molar-refractivity contribution < 1.29 is 4.79 Å². The van der Waals surface area contributed by atoms with Gasteiger partial charge in [-0.25, -0.2) is 0 Å². The predicted octanol–water partition coefficient (Wildman–Crippen LogP) is 0.370. The molecular formula is C10H18N2O. The van der Waals surface area contributed by atoms with Crippen LogP contribution in [0, 0.1) is 18.3 Å². The van der Waals surface area contributed by atoms with Gasteiger partial charge in [0.25, 0.3) is 0 Å². The molecule has 0 fully saturated rings. The number of amides is 1. The fourth-order valence-electron chi connectivity index (χ4n) is 0.685. The standard InChI is InChI=1S/C10H18N2O/c1-5-9(4)11-7-10(13)12-6-8(2)3/h1,8-9,11H,6-7H2,2-4H3,(H,12,13). The SMILES string of the molecule is C#CC(C)NCC(=O)NCC(C)C. The molecule has 2 N–H and O–H groups in total. The van der Waals surface area contributed by atoms with Gasteiger partial charge in [-0.15, -0.1) is 6.42 Å². The van der Waals surface area contributed by atoms with Crippen LogP contribution in [0.5, 0.6) is 0 Å². The van der Waals surface area contributed by atoms with Crippen molar-refractivity contribution in [2.24, 2.45) is 5.92 Å². The average Bonchev–Trinajstić information content (AvgIpc) is 2.10. The van der Waals surface area contributed by atoms with Crippen LogP contribution in [0.3, 0.4) is 0 Å². The van der Waals surface area contributed by atoms with Crippen molar-refractivity contribution in [1.82, 2.24) is 10.6 Å². The first-order chi connectivity index (χ1) is 6.06. The molecule has 1 atom stereocenters. The first-order valence-corrected chi connectivity index (χ1v) is 4.52. The maximum absolute atomic E-state index is 11.1. The highest BCUT2D eigenvalue weighted by atomic mass is 16.1. The van der Waals surface area contributed by atoms with Gasteiger partial charge in [-0.2, -0.15) is 0 Å². The number of hydrogen-bond acceptors (Lipinski definition) is 2. The van der Waals surface area contributed by atoms with Crippen LogP contribution in [0.15, 0.2) is 0 Å². The second-order valence-electron chi connectivity index (χ2n) is 3.47. The molecule has 0 spiro atoms. The monoisotopic (exact) mass is 182 g/mol. The molecule has 0 aliphatic rings. The zero-order valence-corrected chi connectivity index (χ0v) is 8.55. The third kappa shape index (κ3) is 7.35. The molecule has 0 rings (SSSR count). The van der Waals surface area contributed by atoms with Gasteiger partial charge in [-0.1, -0.05) is 19.8 Å². The van der Waals surface area contributed by atoms with Crippen LogP contribution in [0.2, 0.25) is 0 Å². The molecule has 1 unspecified atom stereocenters. The van der Waals surface area contributed by atoms with Crippen LogP contribution >= 0.6 is 0 Å². The molecule has 1 amide bonds. The van der Waals surface area contributed by atoms with E-state index >= 15 is 0 Å². The normalized spacial score (nSPS) is 12.2. The third-order valence-electron chi connectivity index (χ3n) is 1.53. The molecule has 0 aromatic rings. The van der Waals surface area contributed by atoms with Crippen molar-refractivity contribution in [1.29, 1.82) is 0 Å². The van der Waals surface area contributed by atoms with E-state index in [1.165, 1.54) is 0 Å². The fraction of sp³-hybridized carbons (Fsp3) is 0.700. The van der Waals surface area contributed by atoms with E-state index in [1.54, 1.807) is 0 Å². The van der Waals surface area contributed by atoms with E-state index in [0.717, 1.165) is 0 Å². The molecule has 0 aromatic heterocycles. The molecule has 0 aromatic carbocycles. The molecular weight excluding hydrogens is 164 g/mol. The van der Waals surface area contributed by atoms with Crippen molar-refractivity contribution in [3.05, 3.63) is 0 Å². The molecule has 13 heavy (non-hydrogen) atoms. The average molecular weight is 182 g/mol. The van der Waals surface area contributed by atoms with Gasteiger partial charge in [-0.3, -0.25) is 10.1 Å². The van der Waals surface area contributed by atoms with E-state index in [1.807, 2.05) is 6.92 Å². The van der Waals surface area contributed by atoms with Crippen molar-refractivity contribution in [2.45, 2.75) is 26.8 Å². The first kappa shape index (κ1) is 12.0. The van der Waals surface area contributed by atoms with Crippen LogP contribution in [-0.4, -0.2) is 25.0 Å². The topological polar surface area (TPSA) is 41.1 Å². The summed E-state index contributed by atoms with van der Waals surface area (Å²) in [4.78, 5) is 11.1. The van der Waals surface area contributed by atoms with Crippen LogP contribution < -0.4 is 10.6 Å². The Morgan fingerprint density at radius 1 is 1.46 bits per heavy atom. The Morgan fingerprint density at radius 3 is 2.54 bits per heavy atom. The van der Waals surface area contributed by atoms with Crippen molar-refractivity contribution in [3.8, 4) is 12.3 Å². The van der Waals surface area contributed by atoms with E-state index in [2.05, 4.69) is 30.4 Å². The predicted molar refractivity (Wildman–Crippen MR) is 54.1 cm³/mol. The lowest BCUT2D eigenvalue weighted by Gasteiger charge is -2.09. The van der Waals surface area contributed by atoms with Gasteiger partial charge < -0.3 is 5.32 Å². The number of hydrogen-bond donors (Lipinski definition) is 2. The largest absolute Gasteiger partial charge is 0.355 e. The van der Waals surface area contributed by atoms with Crippen LogP contribution in [0.4, 0.5) is 0 Å². The maximum Gasteiger partial charge on any atom is 0.234 e. The van der Waals surface area contributed by atoms with Crippen molar-refractivity contribution in [3.63, 3.8) is 0 Å². The van der Waals surface area contributed by atoms with E-state index in [9.17, 15) is 4.79 Å². The minimum absolute atomic E-state index is 0.00389. The molecule has 0 radical (unpaired) electrons. The lowest BCUT2D eigenvalue weighted by Crippen LogP contribution is -2.38. The Kier molecular flexibility index (Phi) is 5.99. The summed E-state index contributed by atoms with van der Waals surface area (Å²) in [6.07, 6.45) is 5.14. The summed E-state index contributed by atoms with van der Waals surface area (Å²) in [5.41, 5.74) is 0. The molecule has 0 aliphatic heterocycles. The minimum Gasteiger partial charge on any atom is -0.355 e.